The van der Waals surface area contributed by atoms with Gasteiger partial charge in [-0.25, -0.2) is 0 Å². The number of hydrogen-bond acceptors (Lipinski definition) is 7. The maximum atomic E-state index is 12.4. The third-order valence-electron chi connectivity index (χ3n) is 6.45. The fourth-order valence-corrected chi connectivity index (χ4v) is 4.39. The van der Waals surface area contributed by atoms with Gasteiger partial charge in [0.1, 0.15) is 6.61 Å². The molecular formula is C27H33N3O5. The lowest BCUT2D eigenvalue weighted by Crippen LogP contribution is -2.47. The highest BCUT2D eigenvalue weighted by molar-refractivity contribution is 6.21. The number of carbonyl (C=O) groups is 3. The van der Waals surface area contributed by atoms with Crippen LogP contribution >= 0.6 is 0 Å². The van der Waals surface area contributed by atoms with Gasteiger partial charge >= 0.3 is 5.97 Å². The molecule has 0 aliphatic carbocycles. The largest absolute Gasteiger partial charge is 0.461 e. The summed E-state index contributed by atoms with van der Waals surface area (Å²) < 4.78 is 11.1. The van der Waals surface area contributed by atoms with Gasteiger partial charge in [-0.2, -0.15) is 0 Å². The summed E-state index contributed by atoms with van der Waals surface area (Å²) in [4.78, 5) is 42.7. The van der Waals surface area contributed by atoms with Gasteiger partial charge in [-0.1, -0.05) is 42.5 Å². The number of fused-ring (bicyclic) bond motifs is 1. The molecule has 0 saturated carbocycles. The molecule has 0 bridgehead atoms. The van der Waals surface area contributed by atoms with Crippen LogP contribution in [-0.4, -0.2) is 91.5 Å². The van der Waals surface area contributed by atoms with Crippen LogP contribution in [-0.2, 0) is 20.9 Å². The number of hydrogen-bond donors (Lipinski definition) is 0. The second kappa shape index (κ2) is 12.6. The van der Waals surface area contributed by atoms with E-state index < -0.39 is 0 Å². The molecule has 0 spiro atoms. The number of nitrogens with zero attached hydrogens (tertiary/aromatic N) is 3. The van der Waals surface area contributed by atoms with Crippen LogP contribution in [0, 0.1) is 0 Å². The SMILES string of the molecule is O=C(CCCN1CCN(CCOCCN2C(=O)c3ccccc3C2=O)CC1)OCc1ccccc1. The number of rotatable bonds is 12. The Hall–Kier alpha value is -3.07. The summed E-state index contributed by atoms with van der Waals surface area (Å²) in [6.07, 6.45) is 1.24. The number of ether oxygens (including phenoxy) is 2. The second-order valence-electron chi connectivity index (χ2n) is 8.85. The molecule has 8 heteroatoms. The lowest BCUT2D eigenvalue weighted by molar-refractivity contribution is -0.145. The van der Waals surface area contributed by atoms with Gasteiger partial charge in [-0.3, -0.25) is 24.2 Å². The molecule has 2 heterocycles. The van der Waals surface area contributed by atoms with Crippen molar-refractivity contribution in [2.75, 3.05) is 59.0 Å². The number of benzene rings is 2. The third-order valence-corrected chi connectivity index (χ3v) is 6.45. The molecular weight excluding hydrogens is 446 g/mol. The predicted octanol–water partition coefficient (Wildman–Crippen LogP) is 2.44. The molecule has 0 radical (unpaired) electrons. The van der Waals surface area contributed by atoms with Crippen LogP contribution in [0.3, 0.4) is 0 Å². The van der Waals surface area contributed by atoms with Gasteiger partial charge in [0.2, 0.25) is 0 Å². The van der Waals surface area contributed by atoms with Crippen LogP contribution in [0.1, 0.15) is 39.1 Å². The topological polar surface area (TPSA) is 79.4 Å². The van der Waals surface area contributed by atoms with Gasteiger partial charge in [-0.15, -0.1) is 0 Å². The van der Waals surface area contributed by atoms with E-state index >= 15 is 0 Å². The highest BCUT2D eigenvalue weighted by atomic mass is 16.5. The minimum atomic E-state index is -0.241. The molecule has 0 atom stereocenters. The summed E-state index contributed by atoms with van der Waals surface area (Å²) in [5.41, 5.74) is 1.95. The van der Waals surface area contributed by atoms with Crippen LogP contribution < -0.4 is 0 Å². The zero-order valence-corrected chi connectivity index (χ0v) is 20.1. The number of piperazine rings is 1. The molecule has 186 valence electrons. The van der Waals surface area contributed by atoms with Crippen LogP contribution in [0.2, 0.25) is 0 Å². The van der Waals surface area contributed by atoms with E-state index in [-0.39, 0.29) is 24.3 Å². The van der Waals surface area contributed by atoms with Crippen molar-refractivity contribution in [3.63, 3.8) is 0 Å². The molecule has 8 nitrogen and oxygen atoms in total. The Morgan fingerprint density at radius 3 is 1.97 bits per heavy atom. The van der Waals surface area contributed by atoms with Gasteiger partial charge in [0.15, 0.2) is 0 Å². The van der Waals surface area contributed by atoms with Crippen molar-refractivity contribution in [1.82, 2.24) is 14.7 Å². The van der Waals surface area contributed by atoms with E-state index in [4.69, 9.17) is 9.47 Å². The molecule has 2 aliphatic heterocycles. The third kappa shape index (κ3) is 6.97. The number of imide groups is 1. The molecule has 1 saturated heterocycles. The minimum Gasteiger partial charge on any atom is -0.461 e. The number of amides is 2. The molecule has 2 aliphatic rings. The van der Waals surface area contributed by atoms with E-state index in [0.717, 1.165) is 51.3 Å². The summed E-state index contributed by atoms with van der Waals surface area (Å²) in [7, 11) is 0. The summed E-state index contributed by atoms with van der Waals surface area (Å²) in [5, 5.41) is 0. The van der Waals surface area contributed by atoms with Gasteiger partial charge in [0.05, 0.1) is 30.9 Å². The maximum absolute atomic E-state index is 12.4. The molecule has 2 amide bonds. The van der Waals surface area contributed by atoms with Gasteiger partial charge < -0.3 is 14.4 Å². The minimum absolute atomic E-state index is 0.147. The molecule has 1 fully saturated rings. The molecule has 2 aromatic rings. The van der Waals surface area contributed by atoms with Crippen molar-refractivity contribution in [2.24, 2.45) is 0 Å². The Kier molecular flexibility index (Phi) is 9.00. The number of esters is 1. The lowest BCUT2D eigenvalue weighted by atomic mass is 10.1. The monoisotopic (exact) mass is 479 g/mol. The predicted molar refractivity (Wildman–Crippen MR) is 131 cm³/mol. The van der Waals surface area contributed by atoms with Crippen LogP contribution in [0.15, 0.2) is 54.6 Å². The smallest absolute Gasteiger partial charge is 0.306 e. The quantitative estimate of drug-likeness (QED) is 0.263. The highest BCUT2D eigenvalue weighted by Gasteiger charge is 2.34. The van der Waals surface area contributed by atoms with Crippen molar-refractivity contribution < 1.29 is 23.9 Å². The summed E-state index contributed by atoms with van der Waals surface area (Å²) in [5.74, 6) is -0.629. The van der Waals surface area contributed by atoms with Crippen molar-refractivity contribution >= 4 is 17.8 Å². The van der Waals surface area contributed by atoms with Crippen LogP contribution in [0.4, 0.5) is 0 Å². The van der Waals surface area contributed by atoms with E-state index in [9.17, 15) is 14.4 Å². The van der Waals surface area contributed by atoms with E-state index in [1.54, 1.807) is 24.3 Å². The summed E-state index contributed by atoms with van der Waals surface area (Å²) in [6.45, 7) is 7.07. The Labute approximate surface area is 206 Å². The molecule has 0 unspecified atom stereocenters. The van der Waals surface area contributed by atoms with Crippen molar-refractivity contribution in [3.05, 3.63) is 71.3 Å². The lowest BCUT2D eigenvalue weighted by Gasteiger charge is -2.34. The second-order valence-corrected chi connectivity index (χ2v) is 8.85. The average Bonchev–Trinajstić information content (AvgIpc) is 3.13. The fraction of sp³-hybridized carbons (Fsp3) is 0.444. The standard InChI is InChI=1S/C27H33N3O5/c31-25(35-21-22-7-2-1-3-8-22)11-6-12-28-13-15-29(16-14-28)17-19-34-20-18-30-26(32)23-9-4-5-10-24(23)27(30)33/h1-5,7-10H,6,11-21H2. The zero-order valence-electron chi connectivity index (χ0n) is 20.1. The summed E-state index contributed by atoms with van der Waals surface area (Å²) in [6, 6.07) is 16.6. The Morgan fingerprint density at radius 2 is 1.31 bits per heavy atom. The van der Waals surface area contributed by atoms with E-state index in [1.165, 1.54) is 4.90 Å². The van der Waals surface area contributed by atoms with Crippen molar-refractivity contribution in [2.45, 2.75) is 19.4 Å². The Balaban J connectivity index is 1.02. The fourth-order valence-electron chi connectivity index (χ4n) is 4.39. The van der Waals surface area contributed by atoms with Gasteiger partial charge in [0, 0.05) is 39.1 Å². The average molecular weight is 480 g/mol. The van der Waals surface area contributed by atoms with E-state index in [1.807, 2.05) is 30.3 Å². The van der Waals surface area contributed by atoms with Crippen LogP contribution in [0.25, 0.3) is 0 Å². The van der Waals surface area contributed by atoms with Crippen LogP contribution in [0.5, 0.6) is 0 Å². The van der Waals surface area contributed by atoms with Gasteiger partial charge in [-0.05, 0) is 30.7 Å². The molecule has 4 rings (SSSR count). The van der Waals surface area contributed by atoms with Gasteiger partial charge in [0.25, 0.3) is 11.8 Å². The molecule has 35 heavy (non-hydrogen) atoms. The van der Waals surface area contributed by atoms with E-state index in [2.05, 4.69) is 9.80 Å². The molecule has 0 aromatic heterocycles. The van der Waals surface area contributed by atoms with Crippen molar-refractivity contribution in [3.8, 4) is 0 Å². The number of carbonyl (C=O) groups excluding carboxylic acids is 3. The first-order valence-corrected chi connectivity index (χ1v) is 12.3. The first-order valence-electron chi connectivity index (χ1n) is 12.3. The summed E-state index contributed by atoms with van der Waals surface area (Å²) >= 11 is 0. The van der Waals surface area contributed by atoms with Crippen molar-refractivity contribution in [1.29, 1.82) is 0 Å². The Morgan fingerprint density at radius 1 is 0.743 bits per heavy atom. The normalized spacial score (nSPS) is 16.5. The maximum Gasteiger partial charge on any atom is 0.306 e. The Bertz CT molecular complexity index is 970. The first kappa shape index (κ1) is 25.0. The highest BCUT2D eigenvalue weighted by Crippen LogP contribution is 2.21. The molecule has 0 N–H and O–H groups in total. The zero-order chi connectivity index (χ0) is 24.5. The first-order chi connectivity index (χ1) is 17.1. The van der Waals surface area contributed by atoms with E-state index in [0.29, 0.717) is 37.4 Å². The molecule has 2 aromatic carbocycles.